The van der Waals surface area contributed by atoms with Gasteiger partial charge < -0.3 is 15.4 Å². The van der Waals surface area contributed by atoms with Gasteiger partial charge in [0.1, 0.15) is 5.82 Å². The molecule has 0 fully saturated rings. The summed E-state index contributed by atoms with van der Waals surface area (Å²) in [6.45, 7) is 2.96. The number of carbonyl (C=O) groups is 2. The summed E-state index contributed by atoms with van der Waals surface area (Å²) in [6.07, 6.45) is 0.586. The molecular formula is C34H30F3N5O3. The third kappa shape index (κ3) is 7.87. The lowest BCUT2D eigenvalue weighted by molar-refractivity contribution is -0.137. The number of ether oxygens (including phenoxy) is 1. The molecule has 0 unspecified atom stereocenters. The van der Waals surface area contributed by atoms with Gasteiger partial charge in [-0.2, -0.15) is 13.2 Å². The smallest absolute Gasteiger partial charge is 0.379 e. The van der Waals surface area contributed by atoms with Crippen LogP contribution in [0.5, 0.6) is 0 Å². The number of hydrogen-bond donors (Lipinski definition) is 2. The van der Waals surface area contributed by atoms with Crippen LogP contribution >= 0.6 is 0 Å². The first-order valence-corrected chi connectivity index (χ1v) is 14.4. The number of halogens is 3. The average Bonchev–Trinajstić information content (AvgIpc) is 3.06. The van der Waals surface area contributed by atoms with Gasteiger partial charge in [0.05, 0.1) is 40.7 Å². The maximum absolute atomic E-state index is 13.2. The normalized spacial score (nSPS) is 12.1. The van der Waals surface area contributed by atoms with E-state index in [0.29, 0.717) is 40.9 Å². The van der Waals surface area contributed by atoms with Crippen molar-refractivity contribution in [1.29, 1.82) is 0 Å². The quantitative estimate of drug-likeness (QED) is 0.152. The molecule has 3 aromatic heterocycles. The predicted molar refractivity (Wildman–Crippen MR) is 165 cm³/mol. The van der Waals surface area contributed by atoms with Gasteiger partial charge in [0, 0.05) is 35.5 Å². The number of nitrogens with one attached hydrogen (secondary N) is 2. The Morgan fingerprint density at radius 1 is 0.889 bits per heavy atom. The van der Waals surface area contributed by atoms with E-state index in [2.05, 4.69) is 32.5 Å². The number of benzene rings is 2. The third-order valence-electron chi connectivity index (χ3n) is 7.01. The molecule has 3 heterocycles. The van der Waals surface area contributed by atoms with Gasteiger partial charge in [0.25, 0.3) is 11.8 Å². The Morgan fingerprint density at radius 2 is 1.69 bits per heavy atom. The molecule has 8 nitrogen and oxygen atoms in total. The Balaban J connectivity index is 1.30. The van der Waals surface area contributed by atoms with Crippen LogP contribution < -0.4 is 10.6 Å². The highest BCUT2D eigenvalue weighted by molar-refractivity contribution is 6.08. The molecule has 45 heavy (non-hydrogen) atoms. The van der Waals surface area contributed by atoms with E-state index >= 15 is 0 Å². The fraction of sp³-hybridized carbons (Fsp3) is 0.206. The van der Waals surface area contributed by atoms with Crippen molar-refractivity contribution in [1.82, 2.24) is 20.3 Å². The van der Waals surface area contributed by atoms with Crippen LogP contribution in [0.4, 0.5) is 19.0 Å². The van der Waals surface area contributed by atoms with Crippen molar-refractivity contribution < 1.29 is 27.5 Å². The van der Waals surface area contributed by atoms with Crippen LogP contribution in [0.2, 0.25) is 0 Å². The largest absolute Gasteiger partial charge is 0.416 e. The van der Waals surface area contributed by atoms with Gasteiger partial charge in [-0.05, 0) is 73.2 Å². The van der Waals surface area contributed by atoms with E-state index in [1.807, 2.05) is 18.2 Å². The average molecular weight is 614 g/mol. The molecule has 11 heteroatoms. The zero-order valence-corrected chi connectivity index (χ0v) is 24.3. The van der Waals surface area contributed by atoms with Crippen molar-refractivity contribution in [3.8, 4) is 11.3 Å². The SMILES string of the molecule is CCCCOC[C@@H](NC(=O)c1ccc2nc(NC(=O)c3cccnc3-c3ccc(C(F)(F)F)cc3)ccc2c1)c1ccccn1. The standard InChI is InChI=1S/C34H30F3N5O3/c1-2-3-19-45-21-29(28-8-4-5-17-38-28)41-32(43)24-11-15-27-23(20-24)12-16-30(40-27)42-33(44)26-7-6-18-39-31(26)22-9-13-25(14-10-22)34(35,36)37/h4-18,20,29H,2-3,19,21H2,1H3,(H,41,43)(H,40,42,44)/t29-/m1/s1. The fourth-order valence-corrected chi connectivity index (χ4v) is 4.63. The van der Waals surface area contributed by atoms with Gasteiger partial charge >= 0.3 is 6.18 Å². The second-order valence-electron chi connectivity index (χ2n) is 10.2. The number of pyridine rings is 3. The summed E-state index contributed by atoms with van der Waals surface area (Å²) in [5.74, 6) is -0.565. The predicted octanol–water partition coefficient (Wildman–Crippen LogP) is 7.25. The molecule has 1 atom stereocenters. The highest BCUT2D eigenvalue weighted by atomic mass is 19.4. The van der Waals surface area contributed by atoms with Crippen molar-refractivity contribution >= 4 is 28.5 Å². The highest BCUT2D eigenvalue weighted by Crippen LogP contribution is 2.31. The minimum absolute atomic E-state index is 0.173. The minimum atomic E-state index is -4.47. The summed E-state index contributed by atoms with van der Waals surface area (Å²) in [6, 6.07) is 21.0. The second kappa shape index (κ2) is 14.1. The molecule has 0 spiro atoms. The molecule has 0 saturated carbocycles. The molecule has 0 bridgehead atoms. The lowest BCUT2D eigenvalue weighted by Crippen LogP contribution is -2.32. The van der Waals surface area contributed by atoms with E-state index in [1.165, 1.54) is 24.4 Å². The van der Waals surface area contributed by atoms with Gasteiger partial charge in [0.2, 0.25) is 0 Å². The number of unbranched alkanes of at least 4 members (excludes halogenated alkanes) is 1. The van der Waals surface area contributed by atoms with E-state index in [9.17, 15) is 22.8 Å². The molecule has 0 aliphatic carbocycles. The number of nitrogens with zero attached hydrogens (tertiary/aromatic N) is 3. The molecule has 0 aliphatic heterocycles. The van der Waals surface area contributed by atoms with Crippen LogP contribution in [0.1, 0.15) is 57.8 Å². The van der Waals surface area contributed by atoms with Crippen molar-refractivity contribution in [2.24, 2.45) is 0 Å². The third-order valence-corrected chi connectivity index (χ3v) is 7.01. The van der Waals surface area contributed by atoms with Crippen LogP contribution in [0, 0.1) is 0 Å². The van der Waals surface area contributed by atoms with Crippen LogP contribution in [-0.2, 0) is 10.9 Å². The Bertz CT molecular complexity index is 1780. The summed E-state index contributed by atoms with van der Waals surface area (Å²) >= 11 is 0. The van der Waals surface area contributed by atoms with Gasteiger partial charge in [-0.1, -0.05) is 31.5 Å². The number of fused-ring (bicyclic) bond motifs is 1. The number of anilines is 1. The lowest BCUT2D eigenvalue weighted by Gasteiger charge is -2.19. The van der Waals surface area contributed by atoms with E-state index in [-0.39, 0.29) is 23.0 Å². The number of aromatic nitrogens is 3. The zero-order valence-electron chi connectivity index (χ0n) is 24.3. The number of hydrogen-bond acceptors (Lipinski definition) is 6. The molecule has 0 radical (unpaired) electrons. The lowest BCUT2D eigenvalue weighted by atomic mass is 10.0. The summed E-state index contributed by atoms with van der Waals surface area (Å²) in [5.41, 5.74) is 1.64. The first-order chi connectivity index (χ1) is 21.7. The van der Waals surface area contributed by atoms with E-state index < -0.39 is 23.7 Å². The summed E-state index contributed by atoms with van der Waals surface area (Å²) in [7, 11) is 0. The van der Waals surface area contributed by atoms with E-state index in [1.54, 1.807) is 42.6 Å². The number of rotatable bonds is 11. The zero-order chi connectivity index (χ0) is 31.8. The molecule has 2 N–H and O–H groups in total. The summed E-state index contributed by atoms with van der Waals surface area (Å²) in [4.78, 5) is 39.5. The topological polar surface area (TPSA) is 106 Å². The van der Waals surface area contributed by atoms with Gasteiger partial charge in [-0.15, -0.1) is 0 Å². The van der Waals surface area contributed by atoms with Crippen molar-refractivity contribution in [3.63, 3.8) is 0 Å². The Hall–Kier alpha value is -5.16. The maximum Gasteiger partial charge on any atom is 0.416 e. The van der Waals surface area contributed by atoms with Crippen LogP contribution in [0.3, 0.4) is 0 Å². The number of alkyl halides is 3. The monoisotopic (exact) mass is 613 g/mol. The van der Waals surface area contributed by atoms with Gasteiger partial charge in [-0.25, -0.2) is 4.98 Å². The Labute approximate surface area is 257 Å². The van der Waals surface area contributed by atoms with Crippen LogP contribution in [0.15, 0.2) is 97.3 Å². The second-order valence-corrected chi connectivity index (χ2v) is 10.2. The molecule has 2 amide bonds. The minimum Gasteiger partial charge on any atom is -0.379 e. The first kappa shape index (κ1) is 31.3. The molecule has 230 valence electrons. The molecule has 5 aromatic rings. The van der Waals surface area contributed by atoms with Crippen LogP contribution in [-0.4, -0.2) is 40.0 Å². The molecule has 0 saturated heterocycles. The Kier molecular flexibility index (Phi) is 9.79. The summed E-state index contributed by atoms with van der Waals surface area (Å²) in [5, 5.41) is 6.43. The van der Waals surface area contributed by atoms with Crippen molar-refractivity contribution in [2.45, 2.75) is 32.0 Å². The molecule has 5 rings (SSSR count). The van der Waals surface area contributed by atoms with Gasteiger partial charge in [0.15, 0.2) is 0 Å². The van der Waals surface area contributed by atoms with Crippen molar-refractivity contribution in [2.75, 3.05) is 18.5 Å². The van der Waals surface area contributed by atoms with Crippen molar-refractivity contribution in [3.05, 3.63) is 120 Å². The Morgan fingerprint density at radius 3 is 2.42 bits per heavy atom. The summed E-state index contributed by atoms with van der Waals surface area (Å²) < 4.78 is 44.8. The molecular weight excluding hydrogens is 583 g/mol. The highest BCUT2D eigenvalue weighted by Gasteiger charge is 2.30. The fourth-order valence-electron chi connectivity index (χ4n) is 4.63. The van der Waals surface area contributed by atoms with E-state index in [0.717, 1.165) is 25.0 Å². The molecule has 0 aliphatic rings. The van der Waals surface area contributed by atoms with Gasteiger partial charge in [-0.3, -0.25) is 19.6 Å². The van der Waals surface area contributed by atoms with Crippen LogP contribution in [0.25, 0.3) is 22.2 Å². The number of carbonyl (C=O) groups excluding carboxylic acids is 2. The molecule has 2 aromatic carbocycles. The first-order valence-electron chi connectivity index (χ1n) is 14.4. The number of amides is 2. The maximum atomic E-state index is 13.2. The van der Waals surface area contributed by atoms with E-state index in [4.69, 9.17) is 4.74 Å².